The highest BCUT2D eigenvalue weighted by atomic mass is 15.4. The van der Waals surface area contributed by atoms with E-state index in [2.05, 4.69) is 28.3 Å². The molecule has 2 aromatic heterocycles. The van der Waals surface area contributed by atoms with Crippen LogP contribution >= 0.6 is 0 Å². The minimum absolute atomic E-state index is 0.611. The van der Waals surface area contributed by atoms with E-state index in [1.54, 1.807) is 0 Å². The average molecular weight is 257 g/mol. The molecular weight excluding hydrogens is 238 g/mol. The van der Waals surface area contributed by atoms with Crippen LogP contribution in [0.1, 0.15) is 24.8 Å². The van der Waals surface area contributed by atoms with Crippen LogP contribution in [0, 0.1) is 6.92 Å². The molecule has 2 atom stereocenters. The van der Waals surface area contributed by atoms with Crippen LogP contribution in [0.3, 0.4) is 0 Å². The molecule has 2 aliphatic heterocycles. The highest BCUT2D eigenvalue weighted by Crippen LogP contribution is 2.23. The molecule has 19 heavy (non-hydrogen) atoms. The molecule has 100 valence electrons. The van der Waals surface area contributed by atoms with Crippen molar-refractivity contribution in [2.45, 2.75) is 38.3 Å². The van der Waals surface area contributed by atoms with Crippen molar-refractivity contribution >= 4 is 11.6 Å². The molecule has 0 aliphatic carbocycles. The van der Waals surface area contributed by atoms with E-state index in [9.17, 15) is 0 Å². The van der Waals surface area contributed by atoms with Crippen molar-refractivity contribution in [3.05, 3.63) is 23.9 Å². The van der Waals surface area contributed by atoms with Crippen molar-refractivity contribution in [2.75, 3.05) is 18.0 Å². The Kier molecular flexibility index (Phi) is 2.48. The molecule has 2 unspecified atom stereocenters. The van der Waals surface area contributed by atoms with Gasteiger partial charge in [0.25, 0.3) is 0 Å². The maximum absolute atomic E-state index is 4.71. The van der Waals surface area contributed by atoms with Crippen molar-refractivity contribution < 1.29 is 0 Å². The van der Waals surface area contributed by atoms with Crippen LogP contribution < -0.4 is 10.2 Å². The van der Waals surface area contributed by atoms with Crippen LogP contribution in [0.4, 0.5) is 5.95 Å². The summed E-state index contributed by atoms with van der Waals surface area (Å²) in [5.41, 5.74) is 2.15. The first-order chi connectivity index (χ1) is 9.29. The molecule has 5 heteroatoms. The second kappa shape index (κ2) is 4.20. The largest absolute Gasteiger partial charge is 0.338 e. The van der Waals surface area contributed by atoms with Crippen LogP contribution in [-0.4, -0.2) is 39.8 Å². The number of rotatable bonds is 1. The Morgan fingerprint density at radius 3 is 3.05 bits per heavy atom. The zero-order chi connectivity index (χ0) is 12.8. The molecule has 0 spiro atoms. The molecule has 2 aromatic rings. The van der Waals surface area contributed by atoms with Gasteiger partial charge in [-0.1, -0.05) is 6.07 Å². The van der Waals surface area contributed by atoms with E-state index in [0.717, 1.165) is 24.7 Å². The molecule has 0 radical (unpaired) electrons. The zero-order valence-electron chi connectivity index (χ0n) is 11.2. The lowest BCUT2D eigenvalue weighted by Crippen LogP contribution is -2.35. The molecule has 1 N–H and O–H groups in total. The van der Waals surface area contributed by atoms with Gasteiger partial charge in [0.05, 0.1) is 0 Å². The van der Waals surface area contributed by atoms with E-state index >= 15 is 0 Å². The minimum Gasteiger partial charge on any atom is -0.338 e. The van der Waals surface area contributed by atoms with Crippen LogP contribution in [-0.2, 0) is 0 Å². The van der Waals surface area contributed by atoms with Crippen molar-refractivity contribution in [3.63, 3.8) is 0 Å². The maximum Gasteiger partial charge on any atom is 0.245 e. The molecule has 0 aromatic carbocycles. The predicted molar refractivity (Wildman–Crippen MR) is 74.5 cm³/mol. The summed E-state index contributed by atoms with van der Waals surface area (Å²) in [6.45, 7) is 4.18. The van der Waals surface area contributed by atoms with Gasteiger partial charge in [-0.25, -0.2) is 4.52 Å². The fraction of sp³-hybridized carbons (Fsp3) is 0.571. The predicted octanol–water partition coefficient (Wildman–Crippen LogP) is 1.37. The van der Waals surface area contributed by atoms with Gasteiger partial charge < -0.3 is 10.2 Å². The summed E-state index contributed by atoms with van der Waals surface area (Å²) >= 11 is 0. The third-order valence-electron chi connectivity index (χ3n) is 4.35. The summed E-state index contributed by atoms with van der Waals surface area (Å²) in [6, 6.07) is 5.42. The molecule has 4 heterocycles. The molecule has 0 saturated carbocycles. The van der Waals surface area contributed by atoms with Gasteiger partial charge in [0.1, 0.15) is 0 Å². The van der Waals surface area contributed by atoms with Crippen LogP contribution in [0.2, 0.25) is 0 Å². The summed E-state index contributed by atoms with van der Waals surface area (Å²) in [5, 5.41) is 8.32. The van der Waals surface area contributed by atoms with Gasteiger partial charge in [0.2, 0.25) is 5.95 Å². The third kappa shape index (κ3) is 1.89. The van der Waals surface area contributed by atoms with Gasteiger partial charge >= 0.3 is 0 Å². The first-order valence-corrected chi connectivity index (χ1v) is 7.12. The minimum atomic E-state index is 0.611. The van der Waals surface area contributed by atoms with E-state index in [-0.39, 0.29) is 0 Å². The third-order valence-corrected chi connectivity index (χ3v) is 4.35. The molecule has 0 amide bonds. The fourth-order valence-corrected chi connectivity index (χ4v) is 3.29. The van der Waals surface area contributed by atoms with E-state index in [0.29, 0.717) is 12.1 Å². The summed E-state index contributed by atoms with van der Waals surface area (Å²) in [5.74, 6) is 0.878. The normalized spacial score (nSPS) is 26.9. The van der Waals surface area contributed by atoms with Gasteiger partial charge in [-0.05, 0) is 37.8 Å². The molecular formula is C14H19N5. The molecule has 2 aliphatic rings. The molecule has 2 saturated heterocycles. The van der Waals surface area contributed by atoms with E-state index in [4.69, 9.17) is 4.98 Å². The lowest BCUT2D eigenvalue weighted by atomic mass is 10.1. The smallest absolute Gasteiger partial charge is 0.245 e. The number of aryl methyl sites for hydroxylation is 1. The number of aromatic nitrogens is 3. The second-order valence-corrected chi connectivity index (χ2v) is 5.74. The standard InChI is InChI=1S/C14H19N5/c1-10-3-2-7-19-13(10)16-14(17-19)18-8-6-11-4-5-12(9-18)15-11/h2-3,7,11-12,15H,4-6,8-9H2,1H3. The highest BCUT2D eigenvalue weighted by molar-refractivity contribution is 5.50. The summed E-state index contributed by atoms with van der Waals surface area (Å²) in [6.07, 6.45) is 5.79. The van der Waals surface area contributed by atoms with Crippen molar-refractivity contribution in [3.8, 4) is 0 Å². The van der Waals surface area contributed by atoms with Gasteiger partial charge in [0.15, 0.2) is 5.65 Å². The lowest BCUT2D eigenvalue weighted by Gasteiger charge is -2.22. The monoisotopic (exact) mass is 257 g/mol. The zero-order valence-corrected chi connectivity index (χ0v) is 11.2. The van der Waals surface area contributed by atoms with Gasteiger partial charge in [0, 0.05) is 31.4 Å². The van der Waals surface area contributed by atoms with Crippen LogP contribution in [0.25, 0.3) is 5.65 Å². The van der Waals surface area contributed by atoms with Crippen molar-refractivity contribution in [1.29, 1.82) is 0 Å². The summed E-state index contributed by atoms with van der Waals surface area (Å²) in [7, 11) is 0. The van der Waals surface area contributed by atoms with Gasteiger partial charge in [-0.3, -0.25) is 0 Å². The van der Waals surface area contributed by atoms with Crippen molar-refractivity contribution in [2.24, 2.45) is 0 Å². The number of fused-ring (bicyclic) bond motifs is 3. The van der Waals surface area contributed by atoms with Crippen LogP contribution in [0.15, 0.2) is 18.3 Å². The highest BCUT2D eigenvalue weighted by Gasteiger charge is 2.30. The number of hydrogen-bond donors (Lipinski definition) is 1. The number of nitrogens with zero attached hydrogens (tertiary/aromatic N) is 4. The van der Waals surface area contributed by atoms with Crippen LogP contribution in [0.5, 0.6) is 0 Å². The fourth-order valence-electron chi connectivity index (χ4n) is 3.29. The number of anilines is 1. The van der Waals surface area contributed by atoms with Crippen molar-refractivity contribution in [1.82, 2.24) is 19.9 Å². The molecule has 2 fully saturated rings. The lowest BCUT2D eigenvalue weighted by molar-refractivity contribution is 0.563. The Morgan fingerprint density at radius 2 is 2.16 bits per heavy atom. The quantitative estimate of drug-likeness (QED) is 0.838. The summed E-state index contributed by atoms with van der Waals surface area (Å²) < 4.78 is 1.89. The maximum atomic E-state index is 4.71. The summed E-state index contributed by atoms with van der Waals surface area (Å²) in [4.78, 5) is 7.05. The molecule has 2 bridgehead atoms. The molecule has 4 rings (SSSR count). The first kappa shape index (κ1) is 11.2. The van der Waals surface area contributed by atoms with E-state index < -0.39 is 0 Å². The topological polar surface area (TPSA) is 45.5 Å². The Hall–Kier alpha value is -1.62. The number of pyridine rings is 1. The Morgan fingerprint density at radius 1 is 1.26 bits per heavy atom. The molecule has 5 nitrogen and oxygen atoms in total. The van der Waals surface area contributed by atoms with Gasteiger partial charge in [-0.2, -0.15) is 4.98 Å². The number of hydrogen-bond acceptors (Lipinski definition) is 4. The second-order valence-electron chi connectivity index (χ2n) is 5.74. The SMILES string of the molecule is Cc1cccn2nc(N3CCC4CCC(C3)N4)nc12. The van der Waals surface area contributed by atoms with E-state index in [1.165, 1.54) is 24.8 Å². The van der Waals surface area contributed by atoms with E-state index in [1.807, 2.05) is 16.8 Å². The Labute approximate surface area is 112 Å². The first-order valence-electron chi connectivity index (χ1n) is 7.12. The number of nitrogens with one attached hydrogen (secondary N) is 1. The average Bonchev–Trinajstić information content (AvgIpc) is 2.94. The Bertz CT molecular complexity index is 605. The van der Waals surface area contributed by atoms with Gasteiger partial charge in [-0.15, -0.1) is 5.10 Å². The Balaban J connectivity index is 1.68.